The molecule has 0 unspecified atom stereocenters. The Labute approximate surface area is 169 Å². The van der Waals surface area contributed by atoms with E-state index in [4.69, 9.17) is 4.98 Å². The molecule has 0 amide bonds. The molecule has 148 valence electrons. The third kappa shape index (κ3) is 3.91. The van der Waals surface area contributed by atoms with Crippen LogP contribution in [0.3, 0.4) is 0 Å². The van der Waals surface area contributed by atoms with Crippen LogP contribution in [0, 0.1) is 5.82 Å². The molecule has 2 aromatic heterocycles. The Bertz CT molecular complexity index is 964. The Balaban J connectivity index is 0.00000192. The second-order valence-corrected chi connectivity index (χ2v) is 7.46. The molecule has 3 N–H and O–H groups in total. The van der Waals surface area contributed by atoms with Gasteiger partial charge < -0.3 is 16.0 Å². The summed E-state index contributed by atoms with van der Waals surface area (Å²) in [6.45, 7) is 2.01. The van der Waals surface area contributed by atoms with Crippen LogP contribution >= 0.6 is 12.4 Å². The fraction of sp³-hybridized carbons (Fsp3) is 0.400. The molecule has 1 aromatic carbocycles. The molecule has 3 heterocycles. The van der Waals surface area contributed by atoms with Crippen molar-refractivity contribution in [2.24, 2.45) is 0 Å². The van der Waals surface area contributed by atoms with E-state index in [1.165, 1.54) is 30.5 Å². The first kappa shape index (κ1) is 19.0. The third-order valence-electron chi connectivity index (χ3n) is 5.28. The average Bonchev–Trinajstić information content (AvgIpc) is 3.42. The second kappa shape index (κ2) is 7.93. The summed E-state index contributed by atoms with van der Waals surface area (Å²) >= 11 is 0. The molecule has 1 aliphatic heterocycles. The van der Waals surface area contributed by atoms with Gasteiger partial charge in [0.2, 0.25) is 5.95 Å². The largest absolute Gasteiger partial charge is 0.366 e. The molecule has 2 aliphatic rings. The highest BCUT2D eigenvalue weighted by Gasteiger charge is 2.28. The number of halogens is 2. The SMILES string of the molecule is Cl.Fc1cccc(Nc2nc(N[C@H]3CCCNC3)cc3c(C4CC4)cnn23)c1. The number of anilines is 3. The van der Waals surface area contributed by atoms with Crippen LogP contribution < -0.4 is 16.0 Å². The number of piperidine rings is 1. The Morgan fingerprint density at radius 1 is 1.18 bits per heavy atom. The average molecular weight is 403 g/mol. The Hall–Kier alpha value is -2.38. The lowest BCUT2D eigenvalue weighted by Crippen LogP contribution is -2.38. The first-order chi connectivity index (χ1) is 13.3. The molecule has 1 saturated heterocycles. The fourth-order valence-corrected chi connectivity index (χ4v) is 3.75. The maximum atomic E-state index is 13.6. The second-order valence-electron chi connectivity index (χ2n) is 7.46. The molecule has 2 fully saturated rings. The highest BCUT2D eigenvalue weighted by Crippen LogP contribution is 2.42. The smallest absolute Gasteiger partial charge is 0.230 e. The number of rotatable bonds is 5. The van der Waals surface area contributed by atoms with Crippen molar-refractivity contribution in [3.63, 3.8) is 0 Å². The lowest BCUT2D eigenvalue weighted by Gasteiger charge is -2.24. The minimum Gasteiger partial charge on any atom is -0.366 e. The predicted octanol–water partition coefficient (Wildman–Crippen LogP) is 4.08. The van der Waals surface area contributed by atoms with Crippen molar-refractivity contribution < 1.29 is 4.39 Å². The zero-order chi connectivity index (χ0) is 18.2. The van der Waals surface area contributed by atoms with Crippen LogP contribution in [0.5, 0.6) is 0 Å². The molecule has 0 radical (unpaired) electrons. The molecule has 1 atom stereocenters. The summed E-state index contributed by atoms with van der Waals surface area (Å²) in [5.74, 6) is 1.74. The lowest BCUT2D eigenvalue weighted by molar-refractivity contribution is 0.479. The highest BCUT2D eigenvalue weighted by molar-refractivity contribution is 5.85. The normalized spacial score (nSPS) is 19.2. The van der Waals surface area contributed by atoms with Crippen LogP contribution in [-0.2, 0) is 0 Å². The van der Waals surface area contributed by atoms with Crippen molar-refractivity contribution in [1.82, 2.24) is 19.9 Å². The van der Waals surface area contributed by atoms with Gasteiger partial charge >= 0.3 is 0 Å². The van der Waals surface area contributed by atoms with E-state index in [0.29, 0.717) is 23.6 Å². The molecule has 8 heteroatoms. The van der Waals surface area contributed by atoms with E-state index in [2.05, 4.69) is 27.1 Å². The third-order valence-corrected chi connectivity index (χ3v) is 5.28. The van der Waals surface area contributed by atoms with Gasteiger partial charge in [0.25, 0.3) is 0 Å². The lowest BCUT2D eigenvalue weighted by atomic mass is 10.1. The predicted molar refractivity (Wildman–Crippen MR) is 111 cm³/mol. The summed E-state index contributed by atoms with van der Waals surface area (Å²) in [5.41, 5.74) is 2.99. The van der Waals surface area contributed by atoms with E-state index in [1.807, 2.05) is 16.8 Å². The summed E-state index contributed by atoms with van der Waals surface area (Å²) in [7, 11) is 0. The number of nitrogens with zero attached hydrogens (tertiary/aromatic N) is 3. The van der Waals surface area contributed by atoms with Crippen molar-refractivity contribution in [3.05, 3.63) is 47.9 Å². The quantitative estimate of drug-likeness (QED) is 0.600. The first-order valence-corrected chi connectivity index (χ1v) is 9.65. The molecule has 0 bridgehead atoms. The van der Waals surface area contributed by atoms with Crippen LogP contribution in [0.2, 0.25) is 0 Å². The highest BCUT2D eigenvalue weighted by atomic mass is 35.5. The molecule has 0 spiro atoms. The van der Waals surface area contributed by atoms with Gasteiger partial charge in [-0.15, -0.1) is 12.4 Å². The minimum absolute atomic E-state index is 0. The minimum atomic E-state index is -0.280. The molecular formula is C20H24ClFN6. The van der Waals surface area contributed by atoms with E-state index in [0.717, 1.165) is 37.3 Å². The van der Waals surface area contributed by atoms with Gasteiger partial charge in [0, 0.05) is 29.9 Å². The molecule has 28 heavy (non-hydrogen) atoms. The van der Waals surface area contributed by atoms with Crippen LogP contribution in [-0.4, -0.2) is 33.7 Å². The van der Waals surface area contributed by atoms with Crippen molar-refractivity contribution in [2.45, 2.75) is 37.6 Å². The fourth-order valence-electron chi connectivity index (χ4n) is 3.75. The standard InChI is InChI=1S/C20H23FN6.ClH/c21-14-3-1-4-15(9-14)25-20-26-19(24-16-5-2-8-22-11-16)10-18-17(13-6-7-13)12-23-27(18)20;/h1,3-4,9-10,12-13,16,22,24H,2,5-8,11H2,(H,25,26);1H/t16-;/m0./s1. The number of nitrogens with one attached hydrogen (secondary N) is 3. The van der Waals surface area contributed by atoms with Crippen LogP contribution in [0.4, 0.5) is 21.8 Å². The summed E-state index contributed by atoms with van der Waals surface area (Å²) in [6, 6.07) is 8.86. The molecular weight excluding hydrogens is 379 g/mol. The summed E-state index contributed by atoms with van der Waals surface area (Å²) < 4.78 is 15.4. The Kier molecular flexibility index (Phi) is 5.37. The van der Waals surface area contributed by atoms with Gasteiger partial charge in [0.05, 0.1) is 11.7 Å². The van der Waals surface area contributed by atoms with Crippen molar-refractivity contribution in [1.29, 1.82) is 0 Å². The number of hydrogen-bond donors (Lipinski definition) is 3. The maximum Gasteiger partial charge on any atom is 0.230 e. The van der Waals surface area contributed by atoms with Gasteiger partial charge in [-0.3, -0.25) is 0 Å². The monoisotopic (exact) mass is 402 g/mol. The van der Waals surface area contributed by atoms with Gasteiger partial charge in [0.15, 0.2) is 0 Å². The summed E-state index contributed by atoms with van der Waals surface area (Å²) in [6.07, 6.45) is 6.66. The van der Waals surface area contributed by atoms with E-state index in [-0.39, 0.29) is 18.2 Å². The van der Waals surface area contributed by atoms with Crippen LogP contribution in [0.15, 0.2) is 36.5 Å². The van der Waals surface area contributed by atoms with Gasteiger partial charge in [-0.05, 0) is 56.3 Å². The van der Waals surface area contributed by atoms with E-state index in [9.17, 15) is 4.39 Å². The summed E-state index contributed by atoms with van der Waals surface area (Å²) in [4.78, 5) is 4.74. The number of benzene rings is 1. The van der Waals surface area contributed by atoms with Gasteiger partial charge in [0.1, 0.15) is 11.6 Å². The number of fused-ring (bicyclic) bond motifs is 1. The zero-order valence-corrected chi connectivity index (χ0v) is 16.3. The maximum absolute atomic E-state index is 13.6. The van der Waals surface area contributed by atoms with Crippen LogP contribution in [0.25, 0.3) is 5.52 Å². The van der Waals surface area contributed by atoms with Crippen molar-refractivity contribution in [3.8, 4) is 0 Å². The number of hydrogen-bond acceptors (Lipinski definition) is 5. The molecule has 5 rings (SSSR count). The molecule has 3 aromatic rings. The Morgan fingerprint density at radius 3 is 2.82 bits per heavy atom. The molecule has 1 saturated carbocycles. The van der Waals surface area contributed by atoms with Gasteiger partial charge in [-0.1, -0.05) is 6.07 Å². The Morgan fingerprint density at radius 2 is 2.07 bits per heavy atom. The van der Waals surface area contributed by atoms with E-state index < -0.39 is 0 Å². The number of aromatic nitrogens is 3. The van der Waals surface area contributed by atoms with Gasteiger partial charge in [-0.25, -0.2) is 4.39 Å². The molecule has 1 aliphatic carbocycles. The van der Waals surface area contributed by atoms with Crippen molar-refractivity contribution >= 4 is 35.4 Å². The zero-order valence-electron chi connectivity index (χ0n) is 15.5. The van der Waals surface area contributed by atoms with Crippen molar-refractivity contribution in [2.75, 3.05) is 23.7 Å². The van der Waals surface area contributed by atoms with Gasteiger partial charge in [-0.2, -0.15) is 14.6 Å². The molecule has 6 nitrogen and oxygen atoms in total. The summed E-state index contributed by atoms with van der Waals surface area (Å²) in [5, 5.41) is 14.8. The first-order valence-electron chi connectivity index (χ1n) is 9.65. The van der Waals surface area contributed by atoms with E-state index in [1.54, 1.807) is 6.07 Å². The van der Waals surface area contributed by atoms with Crippen LogP contribution in [0.1, 0.15) is 37.2 Å². The van der Waals surface area contributed by atoms with E-state index >= 15 is 0 Å². The topological polar surface area (TPSA) is 66.3 Å².